The molecule has 1 amide bonds. The zero-order valence-corrected chi connectivity index (χ0v) is 13.7. The molecule has 0 atom stereocenters. The Morgan fingerprint density at radius 2 is 2.04 bits per heavy atom. The number of carbonyl (C=O) groups excluding carboxylic acids is 1. The highest BCUT2D eigenvalue weighted by atomic mass is 32.1. The number of morpholine rings is 1. The fraction of sp³-hybridized carbons (Fsp3) is 0.375. The van der Waals surface area contributed by atoms with Crippen LogP contribution in [0.3, 0.4) is 0 Å². The zero-order chi connectivity index (χ0) is 16.1. The largest absolute Gasteiger partial charge is 0.493 e. The average Bonchev–Trinajstić information content (AvgIpc) is 3.09. The van der Waals surface area contributed by atoms with Crippen LogP contribution in [0.5, 0.6) is 11.5 Å². The molecule has 1 aliphatic rings. The molecule has 6 nitrogen and oxygen atoms in total. The van der Waals surface area contributed by atoms with Crippen molar-refractivity contribution in [3.05, 3.63) is 40.3 Å². The lowest BCUT2D eigenvalue weighted by Gasteiger charge is -2.25. The van der Waals surface area contributed by atoms with Crippen molar-refractivity contribution in [2.45, 2.75) is 6.61 Å². The van der Waals surface area contributed by atoms with Crippen LogP contribution in [0.15, 0.2) is 29.6 Å². The first kappa shape index (κ1) is 15.8. The van der Waals surface area contributed by atoms with E-state index in [-0.39, 0.29) is 5.91 Å². The van der Waals surface area contributed by atoms with Gasteiger partial charge in [0.2, 0.25) is 0 Å². The van der Waals surface area contributed by atoms with Crippen molar-refractivity contribution in [2.24, 2.45) is 0 Å². The second kappa shape index (κ2) is 7.43. The number of benzene rings is 1. The monoisotopic (exact) mass is 334 g/mol. The van der Waals surface area contributed by atoms with Crippen molar-refractivity contribution in [3.8, 4) is 11.5 Å². The molecule has 1 saturated heterocycles. The molecule has 0 aliphatic carbocycles. The quantitative estimate of drug-likeness (QED) is 0.839. The summed E-state index contributed by atoms with van der Waals surface area (Å²) in [5.74, 6) is 1.29. The van der Waals surface area contributed by atoms with Crippen LogP contribution in [0.4, 0.5) is 0 Å². The van der Waals surface area contributed by atoms with Crippen molar-refractivity contribution in [2.75, 3.05) is 33.4 Å². The van der Waals surface area contributed by atoms with Crippen molar-refractivity contribution in [1.29, 1.82) is 0 Å². The Morgan fingerprint density at radius 3 is 2.78 bits per heavy atom. The minimum Gasteiger partial charge on any atom is -0.493 e. The third-order valence-electron chi connectivity index (χ3n) is 3.49. The van der Waals surface area contributed by atoms with Crippen molar-refractivity contribution in [3.63, 3.8) is 0 Å². The van der Waals surface area contributed by atoms with Gasteiger partial charge in [0.15, 0.2) is 11.5 Å². The fourth-order valence-corrected chi connectivity index (χ4v) is 2.96. The van der Waals surface area contributed by atoms with Gasteiger partial charge < -0.3 is 19.1 Å². The van der Waals surface area contributed by atoms with Crippen LogP contribution in [-0.2, 0) is 11.3 Å². The van der Waals surface area contributed by atoms with Gasteiger partial charge in [-0.05, 0) is 12.1 Å². The van der Waals surface area contributed by atoms with Crippen LogP contribution < -0.4 is 9.47 Å². The third kappa shape index (κ3) is 3.80. The molecule has 0 spiro atoms. The Kier molecular flexibility index (Phi) is 5.09. The summed E-state index contributed by atoms with van der Waals surface area (Å²) in [5, 5.41) is 2.53. The molecule has 0 radical (unpaired) electrons. The summed E-state index contributed by atoms with van der Waals surface area (Å²) < 4.78 is 16.2. The van der Waals surface area contributed by atoms with Gasteiger partial charge in [-0.15, -0.1) is 11.3 Å². The van der Waals surface area contributed by atoms with E-state index in [1.54, 1.807) is 17.4 Å². The van der Waals surface area contributed by atoms with Crippen LogP contribution >= 0.6 is 11.3 Å². The summed E-state index contributed by atoms with van der Waals surface area (Å²) in [5.41, 5.74) is 0.468. The first-order valence-electron chi connectivity index (χ1n) is 7.35. The maximum atomic E-state index is 12.3. The van der Waals surface area contributed by atoms with Gasteiger partial charge in [0.05, 0.1) is 20.3 Å². The van der Waals surface area contributed by atoms with E-state index >= 15 is 0 Å². The molecule has 1 fully saturated rings. The van der Waals surface area contributed by atoms with Crippen LogP contribution in [0.1, 0.15) is 15.5 Å². The van der Waals surface area contributed by atoms with Crippen LogP contribution in [0.2, 0.25) is 0 Å². The van der Waals surface area contributed by atoms with Gasteiger partial charge in [-0.25, -0.2) is 4.98 Å². The lowest BCUT2D eigenvalue weighted by atomic mass is 10.3. The van der Waals surface area contributed by atoms with E-state index in [1.807, 2.05) is 24.3 Å². The van der Waals surface area contributed by atoms with Gasteiger partial charge in [-0.1, -0.05) is 12.1 Å². The summed E-state index contributed by atoms with van der Waals surface area (Å²) in [4.78, 5) is 18.5. The van der Waals surface area contributed by atoms with Gasteiger partial charge >= 0.3 is 0 Å². The number of hydrogen-bond acceptors (Lipinski definition) is 6. The number of aromatic nitrogens is 1. The predicted octanol–water partition coefficient (Wildman–Crippen LogP) is 2.20. The Bertz CT molecular complexity index is 668. The molecule has 2 aromatic rings. The average molecular weight is 334 g/mol. The van der Waals surface area contributed by atoms with Gasteiger partial charge in [0, 0.05) is 18.5 Å². The van der Waals surface area contributed by atoms with E-state index in [0.717, 1.165) is 5.01 Å². The Balaban J connectivity index is 1.62. The standard InChI is InChI=1S/C16H18N2O4S/c1-20-13-4-2-3-5-14(13)22-10-15-17-12(11-23-15)16(19)18-6-8-21-9-7-18/h2-5,11H,6-10H2,1H3. The molecule has 1 aromatic heterocycles. The number of carbonyl (C=O) groups is 1. The molecule has 0 N–H and O–H groups in total. The smallest absolute Gasteiger partial charge is 0.273 e. The van der Waals surface area contributed by atoms with Crippen LogP contribution in [0, 0.1) is 0 Å². The van der Waals surface area contributed by atoms with Crippen molar-refractivity contribution >= 4 is 17.2 Å². The van der Waals surface area contributed by atoms with E-state index in [0.29, 0.717) is 50.1 Å². The first-order chi connectivity index (χ1) is 11.3. The van der Waals surface area contributed by atoms with Crippen LogP contribution in [-0.4, -0.2) is 49.2 Å². The maximum Gasteiger partial charge on any atom is 0.273 e. The number of hydrogen-bond donors (Lipinski definition) is 0. The second-order valence-electron chi connectivity index (χ2n) is 4.97. The Labute approximate surface area is 138 Å². The maximum absolute atomic E-state index is 12.3. The molecule has 2 heterocycles. The summed E-state index contributed by atoms with van der Waals surface area (Å²) in [7, 11) is 1.60. The molecule has 0 unspecified atom stereocenters. The van der Waals surface area contributed by atoms with E-state index in [2.05, 4.69) is 4.98 Å². The van der Waals surface area contributed by atoms with Crippen molar-refractivity contribution < 1.29 is 19.0 Å². The summed E-state index contributed by atoms with van der Waals surface area (Å²) in [6.45, 7) is 2.70. The summed E-state index contributed by atoms with van der Waals surface area (Å²) in [6, 6.07) is 7.44. The lowest BCUT2D eigenvalue weighted by Crippen LogP contribution is -2.40. The van der Waals surface area contributed by atoms with E-state index in [1.165, 1.54) is 11.3 Å². The fourth-order valence-electron chi connectivity index (χ4n) is 2.28. The minimum atomic E-state index is -0.0481. The van der Waals surface area contributed by atoms with Gasteiger partial charge in [0.25, 0.3) is 5.91 Å². The Morgan fingerprint density at radius 1 is 1.30 bits per heavy atom. The summed E-state index contributed by atoms with van der Waals surface area (Å²) in [6.07, 6.45) is 0. The number of amides is 1. The molecule has 0 saturated carbocycles. The second-order valence-corrected chi connectivity index (χ2v) is 5.91. The summed E-state index contributed by atoms with van der Waals surface area (Å²) >= 11 is 1.42. The van der Waals surface area contributed by atoms with Gasteiger partial charge in [0.1, 0.15) is 17.3 Å². The van der Waals surface area contributed by atoms with Crippen molar-refractivity contribution in [1.82, 2.24) is 9.88 Å². The van der Waals surface area contributed by atoms with Crippen LogP contribution in [0.25, 0.3) is 0 Å². The third-order valence-corrected chi connectivity index (χ3v) is 4.31. The molecule has 1 aromatic carbocycles. The number of thiazole rings is 1. The molecular formula is C16H18N2O4S. The molecule has 1 aliphatic heterocycles. The highest BCUT2D eigenvalue weighted by Crippen LogP contribution is 2.27. The molecule has 122 valence electrons. The predicted molar refractivity (Wildman–Crippen MR) is 86.2 cm³/mol. The molecular weight excluding hydrogens is 316 g/mol. The number of ether oxygens (including phenoxy) is 3. The van der Waals surface area contributed by atoms with Gasteiger partial charge in [-0.2, -0.15) is 0 Å². The highest BCUT2D eigenvalue weighted by molar-refractivity contribution is 7.09. The molecule has 3 rings (SSSR count). The van der Waals surface area contributed by atoms with E-state index in [4.69, 9.17) is 14.2 Å². The number of rotatable bonds is 5. The first-order valence-corrected chi connectivity index (χ1v) is 8.23. The minimum absolute atomic E-state index is 0.0481. The molecule has 0 bridgehead atoms. The van der Waals surface area contributed by atoms with Gasteiger partial charge in [-0.3, -0.25) is 4.79 Å². The lowest BCUT2D eigenvalue weighted by molar-refractivity contribution is 0.0299. The topological polar surface area (TPSA) is 60.9 Å². The zero-order valence-electron chi connectivity index (χ0n) is 12.9. The van der Waals surface area contributed by atoms with E-state index < -0.39 is 0 Å². The highest BCUT2D eigenvalue weighted by Gasteiger charge is 2.21. The normalized spacial score (nSPS) is 14.6. The number of nitrogens with zero attached hydrogens (tertiary/aromatic N) is 2. The molecule has 7 heteroatoms. The number of methoxy groups -OCH3 is 1. The SMILES string of the molecule is COc1ccccc1OCc1nc(C(=O)N2CCOCC2)cs1. The van der Waals surface area contributed by atoms with E-state index in [9.17, 15) is 4.79 Å². The number of para-hydroxylation sites is 2. The molecule has 23 heavy (non-hydrogen) atoms. The Hall–Kier alpha value is -2.12.